The van der Waals surface area contributed by atoms with Crippen molar-refractivity contribution in [1.29, 1.82) is 0 Å². The zero-order valence-electron chi connectivity index (χ0n) is 9.85. The maximum Gasteiger partial charge on any atom is 2.00 e. The molecule has 1 nitrogen and oxygen atoms in total. The van der Waals surface area contributed by atoms with Gasteiger partial charge >= 0.3 is 23.1 Å². The summed E-state index contributed by atoms with van der Waals surface area (Å²) in [4.78, 5) is 0. The van der Waals surface area contributed by atoms with E-state index in [0.29, 0.717) is 5.75 Å². The van der Waals surface area contributed by atoms with E-state index in [1.807, 2.05) is 42.5 Å². The Bertz CT molecular complexity index is 390. The van der Waals surface area contributed by atoms with Crippen LogP contribution in [0.4, 0.5) is 0 Å². The zero-order chi connectivity index (χ0) is 9.10. The maximum absolute atomic E-state index is 9.10. The number of phenols is 1. The third-order valence-electron chi connectivity index (χ3n) is 1.97. The summed E-state index contributed by atoms with van der Waals surface area (Å²) in [6, 6.07) is 17.3. The molecular weight excluding hydrogens is 184 g/mol. The number of rotatable bonds is 1. The summed E-state index contributed by atoms with van der Waals surface area (Å²) >= 11 is 0. The molecule has 0 saturated carbocycles. The van der Waals surface area contributed by atoms with Crippen molar-refractivity contribution in [3.63, 3.8) is 0 Å². The zero-order valence-corrected chi connectivity index (χ0v) is 9.26. The molecule has 0 radical (unpaired) electrons. The third kappa shape index (κ3) is 2.50. The molecule has 14 heavy (non-hydrogen) atoms. The second kappa shape index (κ2) is 5.03. The van der Waals surface area contributed by atoms with Gasteiger partial charge in [-0.2, -0.15) is 0 Å². The smallest absolute Gasteiger partial charge is 1.00 e. The first-order valence-corrected chi connectivity index (χ1v) is 4.21. The van der Waals surface area contributed by atoms with E-state index in [2.05, 4.69) is 0 Å². The number of aromatic hydroxyl groups is 1. The molecule has 0 bridgehead atoms. The van der Waals surface area contributed by atoms with Gasteiger partial charge in [-0.25, -0.2) is 0 Å². The Labute approximate surface area is 103 Å². The summed E-state index contributed by atoms with van der Waals surface area (Å²) in [6.07, 6.45) is 0. The van der Waals surface area contributed by atoms with E-state index in [4.69, 9.17) is 5.11 Å². The third-order valence-corrected chi connectivity index (χ3v) is 1.97. The molecule has 0 unspecified atom stereocenters. The van der Waals surface area contributed by atoms with Crippen LogP contribution in [0.3, 0.4) is 0 Å². The number of hydrogen-bond acceptors (Lipinski definition) is 1. The summed E-state index contributed by atoms with van der Waals surface area (Å²) in [5.74, 6) is 0.305. The van der Waals surface area contributed by atoms with Crippen LogP contribution in [0, 0.1) is 0 Å². The van der Waals surface area contributed by atoms with Crippen molar-refractivity contribution in [2.45, 2.75) is 0 Å². The maximum atomic E-state index is 9.10. The molecular formula is C12H12MgO. The Morgan fingerprint density at radius 2 is 1.21 bits per heavy atom. The van der Waals surface area contributed by atoms with Crippen LogP contribution in [0.25, 0.3) is 11.1 Å². The molecule has 2 rings (SSSR count). The summed E-state index contributed by atoms with van der Waals surface area (Å²) in [5, 5.41) is 9.10. The van der Waals surface area contributed by atoms with E-state index >= 15 is 0 Å². The molecule has 2 aromatic rings. The molecule has 0 amide bonds. The van der Waals surface area contributed by atoms with Crippen molar-refractivity contribution >= 4 is 23.1 Å². The Morgan fingerprint density at radius 1 is 0.714 bits per heavy atom. The Kier molecular flexibility index (Phi) is 3.98. The first-order valence-electron chi connectivity index (χ1n) is 4.21. The van der Waals surface area contributed by atoms with Gasteiger partial charge in [0.2, 0.25) is 0 Å². The second-order valence-electron chi connectivity index (χ2n) is 2.91. The van der Waals surface area contributed by atoms with Crippen molar-refractivity contribution < 1.29 is 7.96 Å². The largest absolute Gasteiger partial charge is 2.00 e. The van der Waals surface area contributed by atoms with Crippen LogP contribution < -0.4 is 0 Å². The van der Waals surface area contributed by atoms with Crippen molar-refractivity contribution in [1.82, 2.24) is 0 Å². The molecule has 2 heteroatoms. The molecule has 68 valence electrons. The Balaban J connectivity index is 0. The van der Waals surface area contributed by atoms with Crippen molar-refractivity contribution in [2.75, 3.05) is 0 Å². The molecule has 0 aliphatic rings. The van der Waals surface area contributed by atoms with Gasteiger partial charge in [-0.15, -0.1) is 0 Å². The fraction of sp³-hybridized carbons (Fsp3) is 0. The fourth-order valence-corrected chi connectivity index (χ4v) is 1.28. The van der Waals surface area contributed by atoms with Gasteiger partial charge in [-0.1, -0.05) is 42.5 Å². The van der Waals surface area contributed by atoms with Crippen LogP contribution in [-0.2, 0) is 0 Å². The van der Waals surface area contributed by atoms with Gasteiger partial charge in [-0.3, -0.25) is 0 Å². The van der Waals surface area contributed by atoms with Gasteiger partial charge in [0.05, 0.1) is 0 Å². The molecule has 0 saturated heterocycles. The topological polar surface area (TPSA) is 20.2 Å². The predicted octanol–water partition coefficient (Wildman–Crippen LogP) is 2.90. The van der Waals surface area contributed by atoms with Gasteiger partial charge in [-0.05, 0) is 23.3 Å². The van der Waals surface area contributed by atoms with Crippen LogP contribution in [-0.4, -0.2) is 28.2 Å². The molecule has 2 aromatic carbocycles. The minimum absolute atomic E-state index is 0. The van der Waals surface area contributed by atoms with E-state index in [-0.39, 0.29) is 25.9 Å². The monoisotopic (exact) mass is 196 g/mol. The van der Waals surface area contributed by atoms with Gasteiger partial charge in [0.15, 0.2) is 0 Å². The predicted molar refractivity (Wildman–Crippen MR) is 61.5 cm³/mol. The summed E-state index contributed by atoms with van der Waals surface area (Å²) in [7, 11) is 0. The second-order valence-corrected chi connectivity index (χ2v) is 2.91. The van der Waals surface area contributed by atoms with Crippen LogP contribution >= 0.6 is 0 Å². The van der Waals surface area contributed by atoms with E-state index < -0.39 is 0 Å². The van der Waals surface area contributed by atoms with Crippen LogP contribution in [0.1, 0.15) is 2.85 Å². The number of phenolic OH excluding ortho intramolecular Hbond substituents is 1. The molecule has 1 N–H and O–H groups in total. The molecule has 0 spiro atoms. The van der Waals surface area contributed by atoms with E-state index in [1.165, 1.54) is 5.56 Å². The molecule has 0 aliphatic carbocycles. The van der Waals surface area contributed by atoms with Crippen LogP contribution in [0.5, 0.6) is 5.75 Å². The van der Waals surface area contributed by atoms with E-state index in [1.54, 1.807) is 12.1 Å². The summed E-state index contributed by atoms with van der Waals surface area (Å²) in [5.41, 5.74) is 2.29. The summed E-state index contributed by atoms with van der Waals surface area (Å²) < 4.78 is 0. The first-order chi connectivity index (χ1) is 6.36. The SMILES string of the molecule is Oc1ccc(-c2ccccc2)cc1.[H-].[H-].[Mg+2]. The van der Waals surface area contributed by atoms with Crippen molar-refractivity contribution in [3.05, 3.63) is 54.6 Å². The van der Waals surface area contributed by atoms with Crippen LogP contribution in [0.15, 0.2) is 54.6 Å². The normalized spacial score (nSPS) is 9.14. The molecule has 0 aromatic heterocycles. The minimum atomic E-state index is 0. The van der Waals surface area contributed by atoms with E-state index in [9.17, 15) is 0 Å². The summed E-state index contributed by atoms with van der Waals surface area (Å²) in [6.45, 7) is 0. The Morgan fingerprint density at radius 3 is 1.79 bits per heavy atom. The Hall–Kier alpha value is -0.994. The van der Waals surface area contributed by atoms with Gasteiger partial charge in [0.25, 0.3) is 0 Å². The standard InChI is InChI=1S/C12H10O.Mg.2H/c13-12-8-6-11(7-9-12)10-4-2-1-3-5-10;;;/h1-9,13H;;;/q;+2;2*-1. The van der Waals surface area contributed by atoms with Crippen molar-refractivity contribution in [3.8, 4) is 16.9 Å². The molecule has 0 aliphatic heterocycles. The fourth-order valence-electron chi connectivity index (χ4n) is 1.28. The van der Waals surface area contributed by atoms with Gasteiger partial charge in [0, 0.05) is 0 Å². The van der Waals surface area contributed by atoms with Gasteiger partial charge in [0.1, 0.15) is 5.75 Å². The van der Waals surface area contributed by atoms with Gasteiger partial charge < -0.3 is 7.96 Å². The number of hydrogen-bond donors (Lipinski definition) is 1. The van der Waals surface area contributed by atoms with Crippen molar-refractivity contribution in [2.24, 2.45) is 0 Å². The first kappa shape index (κ1) is 11.1. The number of benzene rings is 2. The minimum Gasteiger partial charge on any atom is -1.00 e. The average Bonchev–Trinajstić information content (AvgIpc) is 2.20. The molecule has 0 fully saturated rings. The van der Waals surface area contributed by atoms with E-state index in [0.717, 1.165) is 5.56 Å². The quantitative estimate of drug-likeness (QED) is 0.696. The molecule has 0 atom stereocenters. The average molecular weight is 197 g/mol. The van der Waals surface area contributed by atoms with Crippen LogP contribution in [0.2, 0.25) is 0 Å². The molecule has 0 heterocycles.